The Labute approximate surface area is 65.4 Å². The molecular formula is C2Cl2O2Pt+2. The van der Waals surface area contributed by atoms with E-state index in [0.717, 1.165) is 11.5 Å². The van der Waals surface area contributed by atoms with E-state index < -0.39 is 0 Å². The molecule has 0 radical (unpaired) electrons. The van der Waals surface area contributed by atoms with E-state index in [2.05, 4.69) is 23.2 Å². The van der Waals surface area contributed by atoms with Crippen molar-refractivity contribution in [3.8, 4) is 0 Å². The Hall–Kier alpha value is 0.608. The minimum absolute atomic E-state index is 0. The van der Waals surface area contributed by atoms with Crippen LogP contribution in [-0.4, -0.2) is 11.5 Å². The first-order valence-corrected chi connectivity index (χ1v) is 1.54. The molecule has 0 aliphatic heterocycles. The van der Waals surface area contributed by atoms with E-state index >= 15 is 0 Å². The first-order valence-electron chi connectivity index (χ1n) is 0.786. The van der Waals surface area contributed by atoms with E-state index in [1.54, 1.807) is 0 Å². The van der Waals surface area contributed by atoms with Gasteiger partial charge in [-0.05, 0) is 0 Å². The normalized spacial score (nSPS) is 3.71. The van der Waals surface area contributed by atoms with Crippen molar-refractivity contribution in [2.24, 2.45) is 0 Å². The average Bonchev–Trinajstić information content (AvgIpc) is 1.39. The van der Waals surface area contributed by atoms with Gasteiger partial charge in [0.05, 0.1) is 0 Å². The number of hydrogen-bond acceptors (Lipinski definition) is 2. The molecule has 0 saturated carbocycles. The second-order valence-electron chi connectivity index (χ2n) is 0.154. The summed E-state index contributed by atoms with van der Waals surface area (Å²) >= 11 is 8.39. The molecule has 0 aliphatic rings. The minimum Gasteiger partial charge on any atom is -0.525 e. The Bertz CT molecular complexity index is 34.7. The summed E-state index contributed by atoms with van der Waals surface area (Å²) in [5, 5.41) is 0. The zero-order valence-electron chi connectivity index (χ0n) is 2.89. The number of carbonyl (C=O) groups excluding carboxylic acids is 2. The molecule has 0 bridgehead atoms. The Kier molecular flexibility index (Phi) is 68.3. The van der Waals surface area contributed by atoms with Crippen molar-refractivity contribution >= 4 is 34.7 Å². The molecule has 42 valence electrons. The quantitative estimate of drug-likeness (QED) is 0.483. The molecule has 0 aromatic heterocycles. The zero-order chi connectivity index (χ0) is 5.41. The molecule has 0 aromatic carbocycles. The largest absolute Gasteiger partial charge is 4.00 e. The van der Waals surface area contributed by atoms with Crippen LogP contribution in [0.1, 0.15) is 0 Å². The van der Waals surface area contributed by atoms with Gasteiger partial charge >= 0.3 is 21.1 Å². The summed E-state index contributed by atoms with van der Waals surface area (Å²) in [6.45, 7) is 0. The second-order valence-corrected chi connectivity index (χ2v) is 0.463. The molecule has 0 aliphatic carbocycles. The number of hydrogen-bond donors (Lipinski definition) is 0. The van der Waals surface area contributed by atoms with Gasteiger partial charge in [-0.3, -0.25) is 0 Å². The summed E-state index contributed by atoms with van der Waals surface area (Å²) < 4.78 is 0. The third-order valence-electron chi connectivity index (χ3n) is 0. The SMILES string of the molecule is O=[C-]Cl.O=[C-]Cl.[Pt+4]. The zero-order valence-corrected chi connectivity index (χ0v) is 6.67. The Morgan fingerprint density at radius 2 is 1.00 bits per heavy atom. The average molecular weight is 322 g/mol. The fourth-order valence-electron chi connectivity index (χ4n) is 0. The van der Waals surface area contributed by atoms with Gasteiger partial charge in [-0.2, -0.15) is 11.5 Å². The number of halogens is 2. The van der Waals surface area contributed by atoms with Gasteiger partial charge in [0.15, 0.2) is 0 Å². The van der Waals surface area contributed by atoms with Crippen LogP contribution < -0.4 is 0 Å². The topological polar surface area (TPSA) is 34.1 Å². The predicted molar refractivity (Wildman–Crippen MR) is 23.1 cm³/mol. The molecule has 5 heteroatoms. The van der Waals surface area contributed by atoms with E-state index in [9.17, 15) is 0 Å². The third kappa shape index (κ3) is 379. The summed E-state index contributed by atoms with van der Waals surface area (Å²) in [6.07, 6.45) is 0. The fourth-order valence-corrected chi connectivity index (χ4v) is 0. The van der Waals surface area contributed by atoms with Crippen LogP contribution in [0.4, 0.5) is 0 Å². The molecule has 0 rings (SSSR count). The maximum Gasteiger partial charge on any atom is 4.00 e. The van der Waals surface area contributed by atoms with Gasteiger partial charge in [-0.25, -0.2) is 0 Å². The molecule has 7 heavy (non-hydrogen) atoms. The molecule has 0 amide bonds. The molecule has 0 N–H and O–H groups in total. The van der Waals surface area contributed by atoms with Gasteiger partial charge in [0.1, 0.15) is 0 Å². The molecule has 0 fully saturated rings. The van der Waals surface area contributed by atoms with E-state index in [1.807, 2.05) is 0 Å². The summed E-state index contributed by atoms with van der Waals surface area (Å²) in [4.78, 5) is 16.9. The first-order chi connectivity index (χ1) is 2.83. The summed E-state index contributed by atoms with van der Waals surface area (Å²) in [7, 11) is 0. The van der Waals surface area contributed by atoms with Crippen molar-refractivity contribution in [2.45, 2.75) is 0 Å². The smallest absolute Gasteiger partial charge is 0.525 e. The van der Waals surface area contributed by atoms with E-state index in [-0.39, 0.29) is 21.1 Å². The molecule has 0 unspecified atom stereocenters. The molecule has 0 atom stereocenters. The van der Waals surface area contributed by atoms with E-state index in [4.69, 9.17) is 9.59 Å². The molecule has 0 spiro atoms. The van der Waals surface area contributed by atoms with Crippen LogP contribution in [0.5, 0.6) is 0 Å². The van der Waals surface area contributed by atoms with Crippen molar-refractivity contribution in [1.82, 2.24) is 0 Å². The second kappa shape index (κ2) is 30.6. The molecule has 0 saturated heterocycles. The maximum atomic E-state index is 8.45. The van der Waals surface area contributed by atoms with Crippen LogP contribution in [0.25, 0.3) is 0 Å². The molecule has 2 nitrogen and oxygen atoms in total. The molecule has 0 aromatic rings. The monoisotopic (exact) mass is 321 g/mol. The Balaban J connectivity index is -0.0000000400. The van der Waals surface area contributed by atoms with Crippen molar-refractivity contribution in [3.63, 3.8) is 0 Å². The van der Waals surface area contributed by atoms with Crippen molar-refractivity contribution in [1.29, 1.82) is 0 Å². The van der Waals surface area contributed by atoms with Crippen LogP contribution in [0.2, 0.25) is 0 Å². The summed E-state index contributed by atoms with van der Waals surface area (Å²) in [5.41, 5.74) is 0. The van der Waals surface area contributed by atoms with Gasteiger partial charge in [0, 0.05) is 0 Å². The fraction of sp³-hybridized carbons (Fsp3) is 0. The maximum absolute atomic E-state index is 8.45. The first kappa shape index (κ1) is 15.6. The molecule has 0 heterocycles. The van der Waals surface area contributed by atoms with Crippen LogP contribution in [0.15, 0.2) is 0 Å². The van der Waals surface area contributed by atoms with Gasteiger partial charge in [-0.1, -0.05) is 0 Å². The van der Waals surface area contributed by atoms with Crippen molar-refractivity contribution in [2.75, 3.05) is 0 Å². The minimum atomic E-state index is 0. The van der Waals surface area contributed by atoms with Gasteiger partial charge in [0.2, 0.25) is 0 Å². The summed E-state index contributed by atoms with van der Waals surface area (Å²) in [5.74, 6) is 1.94. The number of rotatable bonds is 0. The van der Waals surface area contributed by atoms with Gasteiger partial charge in [0.25, 0.3) is 0 Å². The van der Waals surface area contributed by atoms with E-state index in [0.29, 0.717) is 0 Å². The predicted octanol–water partition coefficient (Wildman–Crippen LogP) is 0.582. The standard InChI is InChI=1S/2CClO.Pt/c2*2-1-3;/q2*-1;+4. The van der Waals surface area contributed by atoms with E-state index in [1.165, 1.54) is 0 Å². The summed E-state index contributed by atoms with van der Waals surface area (Å²) in [6, 6.07) is 0. The van der Waals surface area contributed by atoms with Crippen molar-refractivity contribution in [3.05, 3.63) is 0 Å². The van der Waals surface area contributed by atoms with Crippen LogP contribution in [-0.2, 0) is 30.7 Å². The van der Waals surface area contributed by atoms with Gasteiger partial charge < -0.3 is 32.8 Å². The Morgan fingerprint density at radius 3 is 1.00 bits per heavy atom. The van der Waals surface area contributed by atoms with Crippen molar-refractivity contribution < 1.29 is 30.7 Å². The van der Waals surface area contributed by atoms with Crippen LogP contribution >= 0.6 is 23.2 Å². The van der Waals surface area contributed by atoms with Crippen LogP contribution in [0, 0.1) is 0 Å². The van der Waals surface area contributed by atoms with Crippen LogP contribution in [0.3, 0.4) is 0 Å². The Morgan fingerprint density at radius 1 is 1.00 bits per heavy atom. The molecular weight excluding hydrogens is 322 g/mol. The van der Waals surface area contributed by atoms with Gasteiger partial charge in [-0.15, -0.1) is 0 Å². The third-order valence-corrected chi connectivity index (χ3v) is 0.